The smallest absolute Gasteiger partial charge is 0.144 e. The highest BCUT2D eigenvalue weighted by Gasteiger charge is 2.17. The molecule has 0 aliphatic heterocycles. The van der Waals surface area contributed by atoms with Crippen molar-refractivity contribution >= 4 is 0 Å². The highest BCUT2D eigenvalue weighted by molar-refractivity contribution is 5.30. The predicted molar refractivity (Wildman–Crippen MR) is 84.8 cm³/mol. The summed E-state index contributed by atoms with van der Waals surface area (Å²) in [6.45, 7) is 2.86. The van der Waals surface area contributed by atoms with Crippen molar-refractivity contribution in [1.29, 1.82) is 5.26 Å². The first-order valence-electron chi connectivity index (χ1n) is 8.06. The number of pyridine rings is 1. The molecule has 1 fully saturated rings. The SMILES string of the molecule is CN(CCCNCc1cccnc1C#N)C1CCCCC1. The molecule has 1 aliphatic rings. The molecule has 0 atom stereocenters. The highest BCUT2D eigenvalue weighted by atomic mass is 15.1. The number of aromatic nitrogens is 1. The van der Waals surface area contributed by atoms with E-state index in [1.54, 1.807) is 6.20 Å². The van der Waals surface area contributed by atoms with E-state index in [2.05, 4.69) is 28.3 Å². The van der Waals surface area contributed by atoms with E-state index in [1.807, 2.05) is 12.1 Å². The van der Waals surface area contributed by atoms with Gasteiger partial charge < -0.3 is 10.2 Å². The van der Waals surface area contributed by atoms with Crippen molar-refractivity contribution in [1.82, 2.24) is 15.2 Å². The first kappa shape index (κ1) is 15.9. The van der Waals surface area contributed by atoms with Crippen LogP contribution in [0.25, 0.3) is 0 Å². The van der Waals surface area contributed by atoms with Crippen LogP contribution in [0.2, 0.25) is 0 Å². The minimum atomic E-state index is 0.532. The molecule has 0 saturated heterocycles. The lowest BCUT2D eigenvalue weighted by Gasteiger charge is -2.31. The summed E-state index contributed by atoms with van der Waals surface area (Å²) >= 11 is 0. The van der Waals surface area contributed by atoms with Crippen LogP contribution in [0, 0.1) is 11.3 Å². The van der Waals surface area contributed by atoms with Gasteiger partial charge in [-0.3, -0.25) is 0 Å². The molecule has 1 aromatic rings. The second kappa shape index (κ2) is 8.76. The maximum Gasteiger partial charge on any atom is 0.144 e. The molecule has 1 heterocycles. The molecule has 4 heteroatoms. The molecule has 114 valence electrons. The van der Waals surface area contributed by atoms with Crippen LogP contribution >= 0.6 is 0 Å². The van der Waals surface area contributed by atoms with Gasteiger partial charge in [0, 0.05) is 24.3 Å². The van der Waals surface area contributed by atoms with Crippen LogP contribution in [-0.4, -0.2) is 36.1 Å². The fourth-order valence-electron chi connectivity index (χ4n) is 3.06. The Morgan fingerprint density at radius 3 is 2.95 bits per heavy atom. The summed E-state index contributed by atoms with van der Waals surface area (Å²) < 4.78 is 0. The van der Waals surface area contributed by atoms with Crippen molar-refractivity contribution in [3.05, 3.63) is 29.6 Å². The lowest BCUT2D eigenvalue weighted by molar-refractivity contribution is 0.189. The second-order valence-corrected chi connectivity index (χ2v) is 5.93. The van der Waals surface area contributed by atoms with Gasteiger partial charge >= 0.3 is 0 Å². The quantitative estimate of drug-likeness (QED) is 0.783. The Hall–Kier alpha value is -1.44. The van der Waals surface area contributed by atoms with Crippen LogP contribution in [0.1, 0.15) is 49.8 Å². The monoisotopic (exact) mass is 286 g/mol. The van der Waals surface area contributed by atoms with Crippen LogP contribution in [-0.2, 0) is 6.54 Å². The van der Waals surface area contributed by atoms with Crippen LogP contribution in [0.5, 0.6) is 0 Å². The number of hydrogen-bond acceptors (Lipinski definition) is 4. The van der Waals surface area contributed by atoms with Gasteiger partial charge in [0.2, 0.25) is 0 Å². The predicted octanol–water partition coefficient (Wildman–Crippen LogP) is 2.70. The van der Waals surface area contributed by atoms with Crippen LogP contribution in [0.15, 0.2) is 18.3 Å². The first-order valence-corrected chi connectivity index (χ1v) is 8.06. The highest BCUT2D eigenvalue weighted by Crippen LogP contribution is 2.21. The molecule has 0 unspecified atom stereocenters. The maximum absolute atomic E-state index is 8.99. The van der Waals surface area contributed by atoms with E-state index < -0.39 is 0 Å². The van der Waals surface area contributed by atoms with E-state index in [0.717, 1.165) is 37.7 Å². The number of nitrogens with one attached hydrogen (secondary N) is 1. The Morgan fingerprint density at radius 1 is 1.38 bits per heavy atom. The lowest BCUT2D eigenvalue weighted by Crippen LogP contribution is -2.35. The van der Waals surface area contributed by atoms with Gasteiger partial charge in [0.1, 0.15) is 11.8 Å². The van der Waals surface area contributed by atoms with E-state index in [0.29, 0.717) is 5.69 Å². The van der Waals surface area contributed by atoms with Gasteiger partial charge in [0.05, 0.1) is 0 Å². The van der Waals surface area contributed by atoms with Crippen LogP contribution in [0.3, 0.4) is 0 Å². The maximum atomic E-state index is 8.99. The third kappa shape index (κ3) is 5.11. The summed E-state index contributed by atoms with van der Waals surface area (Å²) in [5.41, 5.74) is 1.52. The van der Waals surface area contributed by atoms with Gasteiger partial charge in [0.25, 0.3) is 0 Å². The third-order valence-corrected chi connectivity index (χ3v) is 4.38. The van der Waals surface area contributed by atoms with Gasteiger partial charge in [0.15, 0.2) is 0 Å². The number of nitrogens with zero attached hydrogens (tertiary/aromatic N) is 3. The summed E-state index contributed by atoms with van der Waals surface area (Å²) in [5, 5.41) is 12.4. The largest absolute Gasteiger partial charge is 0.313 e. The summed E-state index contributed by atoms with van der Waals surface area (Å²) in [6.07, 6.45) is 9.75. The Balaban J connectivity index is 1.62. The number of hydrogen-bond donors (Lipinski definition) is 1. The fourth-order valence-corrected chi connectivity index (χ4v) is 3.06. The van der Waals surface area contributed by atoms with Gasteiger partial charge in [-0.05, 0) is 45.5 Å². The minimum Gasteiger partial charge on any atom is -0.313 e. The van der Waals surface area contributed by atoms with Gasteiger partial charge in [-0.15, -0.1) is 0 Å². The molecule has 0 radical (unpaired) electrons. The van der Waals surface area contributed by atoms with Crippen molar-refractivity contribution in [3.8, 4) is 6.07 Å². The first-order chi connectivity index (χ1) is 10.3. The molecule has 1 saturated carbocycles. The Morgan fingerprint density at radius 2 is 2.19 bits per heavy atom. The molecule has 1 aliphatic carbocycles. The Labute approximate surface area is 128 Å². The topological polar surface area (TPSA) is 52.0 Å². The van der Waals surface area contributed by atoms with Crippen LogP contribution < -0.4 is 5.32 Å². The molecule has 2 rings (SSSR count). The summed E-state index contributed by atoms with van der Waals surface area (Å²) in [7, 11) is 2.25. The standard InChI is InChI=1S/C17H26N4/c1-21(16-8-3-2-4-9-16)12-6-10-19-14-15-7-5-11-20-17(15)13-18/h5,7,11,16,19H,2-4,6,8-10,12,14H2,1H3. The second-order valence-electron chi connectivity index (χ2n) is 5.93. The molecular weight excluding hydrogens is 260 g/mol. The molecule has 0 spiro atoms. The zero-order valence-electron chi connectivity index (χ0n) is 13.0. The molecule has 1 N–H and O–H groups in total. The zero-order valence-corrected chi connectivity index (χ0v) is 13.0. The van der Waals surface area contributed by atoms with Crippen molar-refractivity contribution in [2.45, 2.75) is 51.1 Å². The van der Waals surface area contributed by atoms with Crippen LogP contribution in [0.4, 0.5) is 0 Å². The number of nitriles is 1. The zero-order chi connectivity index (χ0) is 14.9. The van der Waals surface area contributed by atoms with E-state index in [-0.39, 0.29) is 0 Å². The van der Waals surface area contributed by atoms with Crippen molar-refractivity contribution < 1.29 is 0 Å². The number of rotatable bonds is 7. The molecular formula is C17H26N4. The van der Waals surface area contributed by atoms with E-state index >= 15 is 0 Å². The average Bonchev–Trinajstić information content (AvgIpc) is 2.55. The van der Waals surface area contributed by atoms with Crippen molar-refractivity contribution in [3.63, 3.8) is 0 Å². The van der Waals surface area contributed by atoms with Gasteiger partial charge in [-0.1, -0.05) is 25.3 Å². The minimum absolute atomic E-state index is 0.532. The summed E-state index contributed by atoms with van der Waals surface area (Å²) in [5.74, 6) is 0. The lowest BCUT2D eigenvalue weighted by atomic mass is 9.94. The molecule has 4 nitrogen and oxygen atoms in total. The summed E-state index contributed by atoms with van der Waals surface area (Å²) in [4.78, 5) is 6.60. The normalized spacial score (nSPS) is 16.0. The molecule has 1 aromatic heterocycles. The van der Waals surface area contributed by atoms with Crippen molar-refractivity contribution in [2.24, 2.45) is 0 Å². The van der Waals surface area contributed by atoms with E-state index in [1.165, 1.54) is 32.1 Å². The molecule has 21 heavy (non-hydrogen) atoms. The third-order valence-electron chi connectivity index (χ3n) is 4.38. The Kier molecular flexibility index (Phi) is 6.65. The van der Waals surface area contributed by atoms with Gasteiger partial charge in [-0.25, -0.2) is 4.98 Å². The van der Waals surface area contributed by atoms with Gasteiger partial charge in [-0.2, -0.15) is 5.26 Å². The molecule has 0 bridgehead atoms. The average molecular weight is 286 g/mol. The Bertz CT molecular complexity index is 460. The molecule has 0 amide bonds. The summed E-state index contributed by atoms with van der Waals surface area (Å²) in [6, 6.07) is 6.78. The van der Waals surface area contributed by atoms with E-state index in [4.69, 9.17) is 5.26 Å². The van der Waals surface area contributed by atoms with Crippen molar-refractivity contribution in [2.75, 3.05) is 20.1 Å². The fraction of sp³-hybridized carbons (Fsp3) is 0.647. The molecule has 0 aromatic carbocycles. The van der Waals surface area contributed by atoms with E-state index in [9.17, 15) is 0 Å².